The van der Waals surface area contributed by atoms with Crippen molar-refractivity contribution in [3.05, 3.63) is 0 Å². The zero-order valence-electron chi connectivity index (χ0n) is 1.98. The molecule has 5 heavy (non-hydrogen) atoms. The van der Waals surface area contributed by atoms with Crippen molar-refractivity contribution in [3.8, 4) is 0 Å². The minimum atomic E-state index is -2.39. The SMILES string of the molecule is O=S([O-])Cl.[Re]. The second-order valence-electron chi connectivity index (χ2n) is 0.194. The predicted molar refractivity (Wildman–Crippen MR) is 14.8 cm³/mol. The molecule has 0 aromatic rings. The molecule has 5 heteroatoms. The Balaban J connectivity index is 0. The normalized spacial score (nSPS) is 12.4. The summed E-state index contributed by atoms with van der Waals surface area (Å²) in [5.41, 5.74) is 0. The maximum Gasteiger partial charge on any atom is 0.0422 e. The molecule has 0 aliphatic heterocycles. The van der Waals surface area contributed by atoms with Crippen LogP contribution in [0.25, 0.3) is 0 Å². The van der Waals surface area contributed by atoms with Gasteiger partial charge in [-0.05, 0) is 10.7 Å². The van der Waals surface area contributed by atoms with Crippen molar-refractivity contribution in [1.29, 1.82) is 0 Å². The molecule has 0 rings (SSSR count). The van der Waals surface area contributed by atoms with Gasteiger partial charge >= 0.3 is 0 Å². The van der Waals surface area contributed by atoms with Crippen LogP contribution in [-0.2, 0) is 30.7 Å². The number of rotatable bonds is 0. The first-order valence-electron chi connectivity index (χ1n) is 0.488. The van der Waals surface area contributed by atoms with Crippen LogP contribution in [0, 0.1) is 0 Å². The Labute approximate surface area is 50.3 Å². The van der Waals surface area contributed by atoms with Crippen LogP contribution >= 0.6 is 10.7 Å². The first kappa shape index (κ1) is 9.41. The second kappa shape index (κ2) is 5.06. The van der Waals surface area contributed by atoms with E-state index in [1.165, 1.54) is 0 Å². The Kier molecular flexibility index (Phi) is 9.53. The van der Waals surface area contributed by atoms with Crippen LogP contribution in [0.4, 0.5) is 0 Å². The van der Waals surface area contributed by atoms with E-state index >= 15 is 0 Å². The van der Waals surface area contributed by atoms with Gasteiger partial charge in [-0.15, -0.1) is 0 Å². The first-order chi connectivity index (χ1) is 1.73. The van der Waals surface area contributed by atoms with Gasteiger partial charge in [-0.2, -0.15) is 0 Å². The van der Waals surface area contributed by atoms with Gasteiger partial charge < -0.3 is 4.55 Å². The van der Waals surface area contributed by atoms with Crippen LogP contribution in [-0.4, -0.2) is 8.76 Å². The van der Waals surface area contributed by atoms with Crippen LogP contribution in [0.2, 0.25) is 0 Å². The van der Waals surface area contributed by atoms with Crippen molar-refractivity contribution >= 4 is 21.0 Å². The van der Waals surface area contributed by atoms with E-state index < -0.39 is 10.3 Å². The minimum absolute atomic E-state index is 0. The molecule has 0 bridgehead atoms. The summed E-state index contributed by atoms with van der Waals surface area (Å²) in [6.07, 6.45) is 0. The second-order valence-corrected chi connectivity index (χ2v) is 1.34. The molecule has 1 radical (unpaired) electrons. The fraction of sp³-hybridized carbons (Fsp3) is 0. The predicted octanol–water partition coefficient (Wildman–Crippen LogP) is 0.0168. The molecule has 1 atom stereocenters. The number of hydrogen-bond acceptors (Lipinski definition) is 2. The Morgan fingerprint density at radius 1 is 1.80 bits per heavy atom. The number of hydrogen-bond donors (Lipinski definition) is 0. The topological polar surface area (TPSA) is 40.1 Å². The van der Waals surface area contributed by atoms with Crippen molar-refractivity contribution < 1.29 is 29.2 Å². The molecule has 0 aliphatic rings. The molecular formula is ClO2ReS-. The Hall–Kier alpha value is 1.06. The standard InChI is InChI=1S/ClHO2S.Re/c1-4(2)3;/h(H,2,3);/p-1. The van der Waals surface area contributed by atoms with Crippen molar-refractivity contribution in [2.45, 2.75) is 0 Å². The molecule has 0 fully saturated rings. The van der Waals surface area contributed by atoms with Gasteiger partial charge in [-0.1, -0.05) is 0 Å². The fourth-order valence-corrected chi connectivity index (χ4v) is 0. The Bertz CT molecular complexity index is 32.6. The summed E-state index contributed by atoms with van der Waals surface area (Å²) < 4.78 is 17.5. The van der Waals surface area contributed by atoms with Gasteiger partial charge in [0.15, 0.2) is 0 Å². The van der Waals surface area contributed by atoms with E-state index in [1.54, 1.807) is 0 Å². The van der Waals surface area contributed by atoms with Gasteiger partial charge in [0.05, 0.1) is 0 Å². The van der Waals surface area contributed by atoms with E-state index in [2.05, 4.69) is 10.7 Å². The molecule has 0 aromatic carbocycles. The van der Waals surface area contributed by atoms with Gasteiger partial charge in [-0.25, -0.2) is 0 Å². The summed E-state index contributed by atoms with van der Waals surface area (Å²) in [4.78, 5) is 0. The average molecular weight is 286 g/mol. The summed E-state index contributed by atoms with van der Waals surface area (Å²) in [5.74, 6) is 0. The van der Waals surface area contributed by atoms with Crippen LogP contribution in [0.5, 0.6) is 0 Å². The van der Waals surface area contributed by atoms with Gasteiger partial charge in [-0.3, -0.25) is 4.21 Å². The monoisotopic (exact) mass is 286 g/mol. The van der Waals surface area contributed by atoms with Crippen molar-refractivity contribution in [1.82, 2.24) is 0 Å². The molecule has 0 aromatic heterocycles. The van der Waals surface area contributed by atoms with Crippen molar-refractivity contribution in [2.75, 3.05) is 0 Å². The quantitative estimate of drug-likeness (QED) is 0.465. The molecule has 1 unspecified atom stereocenters. The molecule has 0 spiro atoms. The first-order valence-corrected chi connectivity index (χ1v) is 2.39. The van der Waals surface area contributed by atoms with Gasteiger partial charge in [0.2, 0.25) is 0 Å². The van der Waals surface area contributed by atoms with Crippen LogP contribution in [0.1, 0.15) is 0 Å². The molecule has 0 amide bonds. The van der Waals surface area contributed by atoms with Crippen LogP contribution in [0.3, 0.4) is 0 Å². The summed E-state index contributed by atoms with van der Waals surface area (Å²) in [6.45, 7) is 0. The largest absolute Gasteiger partial charge is 0.760 e. The molecule has 0 aliphatic carbocycles. The van der Waals surface area contributed by atoms with Gasteiger partial charge in [0.1, 0.15) is 0 Å². The van der Waals surface area contributed by atoms with Crippen molar-refractivity contribution in [3.63, 3.8) is 0 Å². The molecule has 0 saturated heterocycles. The fourth-order valence-electron chi connectivity index (χ4n) is 0. The summed E-state index contributed by atoms with van der Waals surface area (Å²) in [5, 5.41) is 0. The third kappa shape index (κ3) is 42.1. The average Bonchev–Trinajstić information content (AvgIpc) is 0.811. The van der Waals surface area contributed by atoms with E-state index in [-0.39, 0.29) is 20.4 Å². The summed E-state index contributed by atoms with van der Waals surface area (Å²) in [6, 6.07) is 0. The van der Waals surface area contributed by atoms with E-state index in [0.717, 1.165) is 0 Å². The van der Waals surface area contributed by atoms with E-state index in [0.29, 0.717) is 0 Å². The van der Waals surface area contributed by atoms with Gasteiger partial charge in [0.25, 0.3) is 0 Å². The molecule has 0 heterocycles. The molecular weight excluding hydrogens is 286 g/mol. The molecule has 0 N–H and O–H groups in total. The summed E-state index contributed by atoms with van der Waals surface area (Å²) >= 11 is 0. The van der Waals surface area contributed by atoms with E-state index in [9.17, 15) is 0 Å². The van der Waals surface area contributed by atoms with E-state index in [1.807, 2.05) is 0 Å². The van der Waals surface area contributed by atoms with Crippen molar-refractivity contribution in [2.24, 2.45) is 0 Å². The smallest absolute Gasteiger partial charge is 0.0422 e. The van der Waals surface area contributed by atoms with Gasteiger partial charge in [0, 0.05) is 30.7 Å². The maximum absolute atomic E-state index is 8.77. The number of halogens is 1. The zero-order chi connectivity index (χ0) is 3.58. The van der Waals surface area contributed by atoms with E-state index in [4.69, 9.17) is 8.76 Å². The van der Waals surface area contributed by atoms with Crippen LogP contribution < -0.4 is 0 Å². The zero-order valence-corrected chi connectivity index (χ0v) is 6.27. The molecule has 2 nitrogen and oxygen atoms in total. The molecule has 33 valence electrons. The summed E-state index contributed by atoms with van der Waals surface area (Å²) in [7, 11) is 1.80. The third-order valence-electron chi connectivity index (χ3n) is 0. The molecule has 0 saturated carbocycles. The Morgan fingerprint density at radius 3 is 1.80 bits per heavy atom. The van der Waals surface area contributed by atoms with Crippen LogP contribution in [0.15, 0.2) is 0 Å². The minimum Gasteiger partial charge on any atom is -0.760 e. The third-order valence-corrected chi connectivity index (χ3v) is 0. The maximum atomic E-state index is 8.77. The Morgan fingerprint density at radius 2 is 1.80 bits per heavy atom.